The second-order valence-corrected chi connectivity index (χ2v) is 7.29. The third-order valence-electron chi connectivity index (χ3n) is 2.80. The van der Waals surface area contributed by atoms with Gasteiger partial charge in [0.05, 0.1) is 9.37 Å². The summed E-state index contributed by atoms with van der Waals surface area (Å²) in [6.07, 6.45) is 0. The minimum atomic E-state index is -3.76. The number of rotatable bonds is 5. The number of hydrogen-bond donors (Lipinski definition) is 3. The molecule has 0 amide bonds. The molecule has 0 saturated carbocycles. The minimum absolute atomic E-state index is 0.0190. The summed E-state index contributed by atoms with van der Waals surface area (Å²) < 4.78 is 27.3. The molecule has 0 radical (unpaired) electrons. The Morgan fingerprint density at radius 3 is 2.58 bits per heavy atom. The molecule has 0 heterocycles. The predicted molar refractivity (Wildman–Crippen MR) is 79.6 cm³/mol. The van der Waals surface area contributed by atoms with Crippen LogP contribution in [0.5, 0.6) is 0 Å². The van der Waals surface area contributed by atoms with Crippen LogP contribution in [0.25, 0.3) is 0 Å². The molecule has 19 heavy (non-hydrogen) atoms. The normalized spacial score (nSPS) is 15.2. The summed E-state index contributed by atoms with van der Waals surface area (Å²) in [5, 5.41) is 9.27. The van der Waals surface area contributed by atoms with Gasteiger partial charge in [-0.15, -0.1) is 0 Å². The first kappa shape index (κ1) is 16.7. The summed E-state index contributed by atoms with van der Waals surface area (Å²) in [5.41, 5.74) is 5.92. The molecule has 0 bridgehead atoms. The van der Waals surface area contributed by atoms with Crippen LogP contribution in [-0.2, 0) is 10.0 Å². The van der Waals surface area contributed by atoms with Crippen molar-refractivity contribution in [3.05, 3.63) is 21.6 Å². The van der Waals surface area contributed by atoms with Crippen LogP contribution in [0, 0.1) is 5.92 Å². The number of aliphatic hydroxyl groups is 1. The molecular weight excluding hydrogens is 356 g/mol. The van der Waals surface area contributed by atoms with Gasteiger partial charge in [-0.1, -0.05) is 18.5 Å². The van der Waals surface area contributed by atoms with Gasteiger partial charge in [-0.05, 0) is 40.9 Å². The van der Waals surface area contributed by atoms with E-state index in [1.807, 2.05) is 0 Å². The van der Waals surface area contributed by atoms with Crippen LogP contribution < -0.4 is 10.5 Å². The fourth-order valence-corrected chi connectivity index (χ4v) is 4.01. The molecule has 0 saturated heterocycles. The number of nitrogens with two attached hydrogens (primary N) is 1. The monoisotopic (exact) mass is 370 g/mol. The van der Waals surface area contributed by atoms with E-state index in [-0.39, 0.29) is 32.6 Å². The number of hydrogen-bond acceptors (Lipinski definition) is 4. The van der Waals surface area contributed by atoms with E-state index in [1.54, 1.807) is 13.8 Å². The summed E-state index contributed by atoms with van der Waals surface area (Å²) in [6.45, 7) is 3.32. The van der Waals surface area contributed by atoms with Gasteiger partial charge in [0.2, 0.25) is 10.0 Å². The van der Waals surface area contributed by atoms with E-state index < -0.39 is 16.1 Å². The van der Waals surface area contributed by atoms with E-state index in [4.69, 9.17) is 22.4 Å². The van der Waals surface area contributed by atoms with Crippen LogP contribution in [0.2, 0.25) is 5.02 Å². The summed E-state index contributed by atoms with van der Waals surface area (Å²) in [7, 11) is -3.76. The zero-order valence-electron chi connectivity index (χ0n) is 10.5. The lowest BCUT2D eigenvalue weighted by atomic mass is 10.1. The Kier molecular flexibility index (Phi) is 5.64. The van der Waals surface area contributed by atoms with Crippen LogP contribution in [0.15, 0.2) is 21.5 Å². The molecule has 0 aromatic heterocycles. The number of anilines is 1. The molecule has 108 valence electrons. The van der Waals surface area contributed by atoms with Crippen LogP contribution in [0.3, 0.4) is 0 Å². The number of aliphatic hydroxyl groups excluding tert-OH is 1. The number of nitrogen functional groups attached to an aromatic ring is 1. The average Bonchev–Trinajstić information content (AvgIpc) is 2.31. The summed E-state index contributed by atoms with van der Waals surface area (Å²) in [6, 6.07) is 2.37. The molecule has 0 fully saturated rings. The first-order valence-corrected chi connectivity index (χ1v) is 8.22. The van der Waals surface area contributed by atoms with Gasteiger partial charge in [-0.25, -0.2) is 13.1 Å². The van der Waals surface area contributed by atoms with Gasteiger partial charge in [0.1, 0.15) is 0 Å². The van der Waals surface area contributed by atoms with Crippen molar-refractivity contribution in [1.82, 2.24) is 4.72 Å². The zero-order chi connectivity index (χ0) is 14.8. The van der Waals surface area contributed by atoms with Gasteiger partial charge in [0.25, 0.3) is 0 Å². The van der Waals surface area contributed by atoms with Crippen LogP contribution in [0.4, 0.5) is 5.69 Å². The summed E-state index contributed by atoms with van der Waals surface area (Å²) in [4.78, 5) is -0.0190. The van der Waals surface area contributed by atoms with Crippen LogP contribution in [-0.4, -0.2) is 26.2 Å². The maximum atomic E-state index is 12.3. The van der Waals surface area contributed by atoms with Crippen LogP contribution >= 0.6 is 27.5 Å². The summed E-state index contributed by atoms with van der Waals surface area (Å²) in [5.74, 6) is -0.204. The molecule has 0 spiro atoms. The molecule has 0 aliphatic carbocycles. The van der Waals surface area contributed by atoms with Crippen molar-refractivity contribution in [2.24, 2.45) is 5.92 Å². The second kappa shape index (κ2) is 6.41. The molecule has 2 atom stereocenters. The highest BCUT2D eigenvalue weighted by Crippen LogP contribution is 2.31. The van der Waals surface area contributed by atoms with E-state index in [2.05, 4.69) is 20.7 Å². The van der Waals surface area contributed by atoms with Crippen molar-refractivity contribution in [3.63, 3.8) is 0 Å². The molecule has 5 nitrogen and oxygen atoms in total. The van der Waals surface area contributed by atoms with Gasteiger partial charge in [0.15, 0.2) is 0 Å². The molecule has 0 aliphatic rings. The maximum absolute atomic E-state index is 12.3. The Morgan fingerprint density at radius 1 is 1.47 bits per heavy atom. The molecule has 0 aliphatic heterocycles. The van der Waals surface area contributed by atoms with Gasteiger partial charge in [-0.2, -0.15) is 0 Å². The number of halogens is 2. The lowest BCUT2D eigenvalue weighted by Gasteiger charge is -2.20. The average molecular weight is 372 g/mol. The minimum Gasteiger partial charge on any atom is -0.398 e. The third-order valence-corrected chi connectivity index (χ3v) is 5.75. The Balaban J connectivity index is 3.14. The molecular formula is C11H16BrClN2O3S. The van der Waals surface area contributed by atoms with E-state index in [1.165, 1.54) is 12.1 Å². The zero-order valence-corrected chi connectivity index (χ0v) is 13.7. The van der Waals surface area contributed by atoms with Gasteiger partial charge in [0, 0.05) is 23.4 Å². The molecule has 1 rings (SSSR count). The highest BCUT2D eigenvalue weighted by atomic mass is 79.9. The van der Waals surface area contributed by atoms with Gasteiger partial charge in [-0.3, -0.25) is 0 Å². The van der Waals surface area contributed by atoms with Crippen molar-refractivity contribution in [2.75, 3.05) is 12.3 Å². The molecule has 4 N–H and O–H groups in total. The highest BCUT2D eigenvalue weighted by Gasteiger charge is 2.24. The van der Waals surface area contributed by atoms with Crippen LogP contribution in [0.1, 0.15) is 13.8 Å². The Morgan fingerprint density at radius 2 is 2.05 bits per heavy atom. The van der Waals surface area contributed by atoms with Crippen molar-refractivity contribution in [1.29, 1.82) is 0 Å². The van der Waals surface area contributed by atoms with Crippen molar-refractivity contribution in [2.45, 2.75) is 24.8 Å². The lowest BCUT2D eigenvalue weighted by Crippen LogP contribution is -2.38. The van der Waals surface area contributed by atoms with Gasteiger partial charge >= 0.3 is 0 Å². The highest BCUT2D eigenvalue weighted by molar-refractivity contribution is 9.10. The van der Waals surface area contributed by atoms with E-state index in [9.17, 15) is 8.42 Å². The summed E-state index contributed by atoms with van der Waals surface area (Å²) >= 11 is 8.96. The van der Waals surface area contributed by atoms with Crippen molar-refractivity contribution in [3.8, 4) is 0 Å². The molecule has 1 aromatic carbocycles. The van der Waals surface area contributed by atoms with E-state index in [0.29, 0.717) is 0 Å². The predicted octanol–water partition coefficient (Wildman–Crippen LogP) is 1.98. The van der Waals surface area contributed by atoms with Gasteiger partial charge < -0.3 is 10.8 Å². The second-order valence-electron chi connectivity index (χ2n) is 4.38. The molecule has 1 aromatic rings. The topological polar surface area (TPSA) is 92.4 Å². The number of benzene rings is 1. The number of nitrogens with one attached hydrogen (secondary N) is 1. The fourth-order valence-electron chi connectivity index (χ4n) is 1.36. The molecule has 2 unspecified atom stereocenters. The van der Waals surface area contributed by atoms with E-state index in [0.717, 1.165) is 0 Å². The maximum Gasteiger partial charge on any atom is 0.242 e. The first-order chi connectivity index (χ1) is 8.69. The largest absolute Gasteiger partial charge is 0.398 e. The third kappa shape index (κ3) is 4.06. The van der Waals surface area contributed by atoms with E-state index >= 15 is 0 Å². The first-order valence-electron chi connectivity index (χ1n) is 5.56. The number of sulfonamides is 1. The smallest absolute Gasteiger partial charge is 0.242 e. The van der Waals surface area contributed by atoms with Crippen molar-refractivity contribution < 1.29 is 13.5 Å². The SMILES string of the molecule is CC(CO)C(C)NS(=O)(=O)c1cc(Cl)cc(N)c1Br. The Bertz CT molecular complexity index is 565. The van der Waals surface area contributed by atoms with Crippen molar-refractivity contribution >= 4 is 43.2 Å². The standard InChI is InChI=1S/C11H16BrClN2O3S/c1-6(5-16)7(2)15-19(17,18)10-4-8(13)3-9(14)11(10)12/h3-4,6-7,15-16H,5,14H2,1-2H3. The molecule has 8 heteroatoms. The quantitative estimate of drug-likeness (QED) is 0.690. The Hall–Kier alpha value is -0.340. The Labute approximate surface area is 126 Å². The fraction of sp³-hybridized carbons (Fsp3) is 0.455. The lowest BCUT2D eigenvalue weighted by molar-refractivity contribution is 0.216.